The van der Waals surface area contributed by atoms with E-state index in [-0.39, 0.29) is 22.5 Å². The molecule has 0 saturated carbocycles. The van der Waals surface area contributed by atoms with Crippen molar-refractivity contribution in [1.29, 1.82) is 0 Å². The number of aryl methyl sites for hydroxylation is 1. The lowest BCUT2D eigenvalue weighted by Gasteiger charge is -2.12. The lowest BCUT2D eigenvalue weighted by molar-refractivity contribution is -0.113. The summed E-state index contributed by atoms with van der Waals surface area (Å²) >= 11 is 2.22. The van der Waals surface area contributed by atoms with Crippen LogP contribution < -0.4 is 10.9 Å². The molecule has 4 aromatic rings. The molecule has 0 bridgehead atoms. The fraction of sp³-hybridized carbons (Fsp3) is 0.136. The van der Waals surface area contributed by atoms with Crippen LogP contribution in [0.15, 0.2) is 63.9 Å². The first-order valence-electron chi connectivity index (χ1n) is 9.43. The van der Waals surface area contributed by atoms with E-state index in [1.807, 2.05) is 25.1 Å². The molecule has 0 aliphatic rings. The number of hydrogen-bond donors (Lipinski definition) is 1. The number of thiophene rings is 1. The Kier molecular flexibility index (Phi) is 6.15. The number of benzene rings is 2. The molecule has 2 aromatic heterocycles. The van der Waals surface area contributed by atoms with Crippen LogP contribution in [0, 0.1) is 11.6 Å². The van der Waals surface area contributed by atoms with Gasteiger partial charge >= 0.3 is 0 Å². The van der Waals surface area contributed by atoms with E-state index in [2.05, 4.69) is 10.3 Å². The number of anilines is 1. The van der Waals surface area contributed by atoms with Crippen molar-refractivity contribution in [2.75, 3.05) is 11.1 Å². The first-order valence-corrected chi connectivity index (χ1v) is 11.3. The number of amides is 1. The molecule has 4 rings (SSSR count). The Bertz CT molecular complexity index is 1310. The molecule has 158 valence electrons. The first kappa shape index (κ1) is 21.2. The van der Waals surface area contributed by atoms with E-state index in [1.165, 1.54) is 11.3 Å². The van der Waals surface area contributed by atoms with Gasteiger partial charge < -0.3 is 5.32 Å². The van der Waals surface area contributed by atoms with Crippen molar-refractivity contribution in [2.24, 2.45) is 0 Å². The molecule has 0 saturated heterocycles. The molecule has 0 aliphatic carbocycles. The number of aromatic nitrogens is 2. The maximum atomic E-state index is 13.8. The molecule has 0 atom stereocenters. The number of fused-ring (bicyclic) bond motifs is 1. The minimum atomic E-state index is -0.808. The summed E-state index contributed by atoms with van der Waals surface area (Å²) in [5, 5.41) is 4.72. The monoisotopic (exact) mass is 457 g/mol. The summed E-state index contributed by atoms with van der Waals surface area (Å²) in [4.78, 5) is 29.9. The van der Waals surface area contributed by atoms with Crippen molar-refractivity contribution in [3.05, 3.63) is 81.5 Å². The fourth-order valence-electron chi connectivity index (χ4n) is 3.08. The van der Waals surface area contributed by atoms with E-state index in [0.29, 0.717) is 15.9 Å². The predicted octanol–water partition coefficient (Wildman–Crippen LogP) is 5.02. The molecule has 1 amide bonds. The quantitative estimate of drug-likeness (QED) is 0.326. The van der Waals surface area contributed by atoms with Gasteiger partial charge in [0.15, 0.2) is 5.16 Å². The fourth-order valence-corrected chi connectivity index (χ4v) is 4.65. The number of nitrogens with zero attached hydrogens (tertiary/aromatic N) is 2. The summed E-state index contributed by atoms with van der Waals surface area (Å²) in [6.45, 7) is 2.03. The van der Waals surface area contributed by atoms with Crippen LogP contribution in [0.3, 0.4) is 0 Å². The van der Waals surface area contributed by atoms with Crippen LogP contribution in [0.5, 0.6) is 0 Å². The maximum absolute atomic E-state index is 13.8. The van der Waals surface area contributed by atoms with E-state index >= 15 is 0 Å². The second-order valence-electron chi connectivity index (χ2n) is 6.69. The Hall–Kier alpha value is -3.04. The van der Waals surface area contributed by atoms with Crippen molar-refractivity contribution in [3.63, 3.8) is 0 Å². The van der Waals surface area contributed by atoms with Crippen LogP contribution in [0.25, 0.3) is 15.9 Å². The van der Waals surface area contributed by atoms with Crippen molar-refractivity contribution in [1.82, 2.24) is 9.55 Å². The third-order valence-corrected chi connectivity index (χ3v) is 6.34. The van der Waals surface area contributed by atoms with E-state index in [9.17, 15) is 18.4 Å². The minimum Gasteiger partial charge on any atom is -0.325 e. The highest BCUT2D eigenvalue weighted by atomic mass is 32.2. The molecular weight excluding hydrogens is 440 g/mol. The topological polar surface area (TPSA) is 64.0 Å². The minimum absolute atomic E-state index is 0.0175. The second-order valence-corrected chi connectivity index (χ2v) is 8.55. The highest BCUT2D eigenvalue weighted by molar-refractivity contribution is 7.99. The molecule has 9 heteroatoms. The Morgan fingerprint density at radius 1 is 1.16 bits per heavy atom. The molecule has 0 radical (unpaired) electrons. The highest BCUT2D eigenvalue weighted by Gasteiger charge is 2.17. The molecule has 0 aliphatic heterocycles. The summed E-state index contributed by atoms with van der Waals surface area (Å²) in [5.74, 6) is -1.93. The summed E-state index contributed by atoms with van der Waals surface area (Å²) in [5.41, 5.74) is 1.82. The average molecular weight is 458 g/mol. The summed E-state index contributed by atoms with van der Waals surface area (Å²) in [6.07, 6.45) is 0.847. The predicted molar refractivity (Wildman–Crippen MR) is 120 cm³/mol. The van der Waals surface area contributed by atoms with Gasteiger partial charge in [0.2, 0.25) is 5.91 Å². The van der Waals surface area contributed by atoms with Crippen molar-refractivity contribution < 1.29 is 13.6 Å². The Morgan fingerprint density at radius 2 is 1.94 bits per heavy atom. The number of hydrogen-bond acceptors (Lipinski definition) is 5. The molecule has 0 unspecified atom stereocenters. The van der Waals surface area contributed by atoms with Gasteiger partial charge in [-0.25, -0.2) is 13.8 Å². The van der Waals surface area contributed by atoms with Gasteiger partial charge in [0.1, 0.15) is 16.3 Å². The smallest absolute Gasteiger partial charge is 0.276 e. The van der Waals surface area contributed by atoms with E-state index in [4.69, 9.17) is 0 Å². The van der Waals surface area contributed by atoms with Crippen molar-refractivity contribution >= 4 is 44.9 Å². The Labute approximate surface area is 184 Å². The van der Waals surface area contributed by atoms with Gasteiger partial charge in [-0.15, -0.1) is 11.3 Å². The molecule has 1 N–H and O–H groups in total. The van der Waals surface area contributed by atoms with Gasteiger partial charge in [-0.05, 0) is 47.7 Å². The standard InChI is InChI=1S/C22H17F2N3O2S2/c1-2-13-4-3-5-16(8-13)25-19(28)12-31-22-26-18-6-7-30-20(18)21(29)27(22)17-10-14(23)9-15(24)11-17/h3-11H,2,12H2,1H3,(H,25,28). The first-order chi connectivity index (χ1) is 14.9. The number of carbonyl (C=O) groups excluding carboxylic acids is 1. The van der Waals surface area contributed by atoms with Gasteiger partial charge in [-0.3, -0.25) is 14.2 Å². The number of nitrogens with one attached hydrogen (secondary N) is 1. The highest BCUT2D eigenvalue weighted by Crippen LogP contribution is 2.25. The lowest BCUT2D eigenvalue weighted by atomic mass is 10.1. The second kappa shape index (κ2) is 8.99. The SMILES string of the molecule is CCc1cccc(NC(=O)CSc2nc3ccsc3c(=O)n2-c2cc(F)cc(F)c2)c1. The zero-order chi connectivity index (χ0) is 22.0. The van der Waals surface area contributed by atoms with Gasteiger partial charge in [0, 0.05) is 11.8 Å². The summed E-state index contributed by atoms with van der Waals surface area (Å²) in [7, 11) is 0. The zero-order valence-corrected chi connectivity index (χ0v) is 18.0. The van der Waals surface area contributed by atoms with Crippen LogP contribution in [0.4, 0.5) is 14.5 Å². The van der Waals surface area contributed by atoms with Crippen LogP contribution in [-0.4, -0.2) is 21.2 Å². The normalized spacial score (nSPS) is 11.1. The van der Waals surface area contributed by atoms with Gasteiger partial charge in [-0.2, -0.15) is 0 Å². The third kappa shape index (κ3) is 4.67. The molecule has 31 heavy (non-hydrogen) atoms. The number of halogens is 2. The zero-order valence-electron chi connectivity index (χ0n) is 16.4. The Morgan fingerprint density at radius 3 is 2.68 bits per heavy atom. The number of carbonyl (C=O) groups is 1. The summed E-state index contributed by atoms with van der Waals surface area (Å²) in [6, 6.07) is 12.1. The van der Waals surface area contributed by atoms with Gasteiger partial charge in [-0.1, -0.05) is 30.8 Å². The van der Waals surface area contributed by atoms with Crippen LogP contribution in [0.2, 0.25) is 0 Å². The number of thioether (sulfide) groups is 1. The molecule has 0 spiro atoms. The van der Waals surface area contributed by atoms with E-state index in [0.717, 1.165) is 46.5 Å². The van der Waals surface area contributed by atoms with E-state index < -0.39 is 17.2 Å². The molecule has 0 fully saturated rings. The lowest BCUT2D eigenvalue weighted by Crippen LogP contribution is -2.22. The van der Waals surface area contributed by atoms with Gasteiger partial charge in [0.25, 0.3) is 5.56 Å². The van der Waals surface area contributed by atoms with Crippen LogP contribution >= 0.6 is 23.1 Å². The Balaban J connectivity index is 1.65. The molecule has 2 heterocycles. The van der Waals surface area contributed by atoms with Crippen molar-refractivity contribution in [2.45, 2.75) is 18.5 Å². The van der Waals surface area contributed by atoms with Gasteiger partial charge in [0.05, 0.1) is 17.0 Å². The van der Waals surface area contributed by atoms with Crippen LogP contribution in [-0.2, 0) is 11.2 Å². The average Bonchev–Trinajstić information content (AvgIpc) is 3.20. The third-order valence-electron chi connectivity index (χ3n) is 4.51. The van der Waals surface area contributed by atoms with E-state index in [1.54, 1.807) is 17.5 Å². The van der Waals surface area contributed by atoms with Crippen molar-refractivity contribution in [3.8, 4) is 5.69 Å². The molecule has 5 nitrogen and oxygen atoms in total. The maximum Gasteiger partial charge on any atom is 0.276 e. The molecule has 2 aromatic carbocycles. The number of rotatable bonds is 6. The summed E-state index contributed by atoms with van der Waals surface area (Å²) < 4.78 is 29.1. The molecular formula is C22H17F2N3O2S2. The van der Waals surface area contributed by atoms with Crippen LogP contribution in [0.1, 0.15) is 12.5 Å². The largest absolute Gasteiger partial charge is 0.325 e.